The van der Waals surface area contributed by atoms with E-state index in [0.29, 0.717) is 6.61 Å². The van der Waals surface area contributed by atoms with E-state index in [1.54, 1.807) is 28.4 Å². The van der Waals surface area contributed by atoms with Gasteiger partial charge in [0.05, 0.1) is 47.2 Å². The largest absolute Gasteiger partial charge is 0.493 e. The zero-order chi connectivity index (χ0) is 25.3. The molecule has 3 aromatic rings. The van der Waals surface area contributed by atoms with Crippen molar-refractivity contribution in [1.29, 1.82) is 0 Å². The van der Waals surface area contributed by atoms with E-state index in [2.05, 4.69) is 58.4 Å². The van der Waals surface area contributed by atoms with Crippen molar-refractivity contribution in [2.75, 3.05) is 46.9 Å². The fraction of sp³-hybridized carbons (Fsp3) is 0.379. The van der Waals surface area contributed by atoms with E-state index >= 15 is 0 Å². The van der Waals surface area contributed by atoms with Crippen molar-refractivity contribution in [3.63, 3.8) is 0 Å². The van der Waals surface area contributed by atoms with Crippen molar-refractivity contribution in [2.45, 2.75) is 25.4 Å². The Morgan fingerprint density at radius 3 is 2.22 bits per heavy atom. The van der Waals surface area contributed by atoms with E-state index in [4.69, 9.17) is 23.7 Å². The first kappa shape index (κ1) is 24.8. The van der Waals surface area contributed by atoms with Crippen LogP contribution in [0.2, 0.25) is 0 Å². The smallest absolute Gasteiger partial charge is 0.169 e. The molecule has 5 rings (SSSR count). The molecule has 0 N–H and O–H groups in total. The van der Waals surface area contributed by atoms with Crippen molar-refractivity contribution < 1.29 is 23.7 Å². The van der Waals surface area contributed by atoms with Crippen molar-refractivity contribution in [1.82, 2.24) is 4.48 Å². The van der Waals surface area contributed by atoms with Crippen LogP contribution < -0.4 is 28.2 Å². The third-order valence-corrected chi connectivity index (χ3v) is 8.00. The summed E-state index contributed by atoms with van der Waals surface area (Å²) in [6, 6.07) is 17.4. The molecule has 0 saturated carbocycles. The summed E-state index contributed by atoms with van der Waals surface area (Å²) in [6.45, 7) is 2.42. The van der Waals surface area contributed by atoms with Crippen LogP contribution in [0.1, 0.15) is 28.3 Å². The van der Waals surface area contributed by atoms with Gasteiger partial charge in [-0.15, -0.1) is 0 Å². The van der Waals surface area contributed by atoms with Crippen molar-refractivity contribution in [3.8, 4) is 28.7 Å². The van der Waals surface area contributed by atoms with Crippen LogP contribution in [-0.4, -0.2) is 46.9 Å². The lowest BCUT2D eigenvalue weighted by Gasteiger charge is -2.51. The second-order valence-corrected chi connectivity index (χ2v) is 10.1. The second kappa shape index (κ2) is 10.2. The number of fused-ring (bicyclic) bond motifs is 4. The number of hydrogen-bond acceptors (Lipinski definition) is 5. The molecule has 0 aromatic heterocycles. The van der Waals surface area contributed by atoms with Gasteiger partial charge in [0, 0.05) is 35.9 Å². The number of methoxy groups -OCH3 is 4. The molecule has 0 bridgehead atoms. The standard InChI is InChI=1S/C29H33BrNO5/c1-32-26-10-5-19-15-25-23-17-28(34-3)27(33-2)16-20(23)11-13-31(25,18-24(19)29(26)35-4)21-6-8-22(9-7-21)36-14-12-30/h5-10,16-17,25H,11-15,18H2,1-4H3/q+1. The molecular weight excluding hydrogens is 522 g/mol. The first-order valence-corrected chi connectivity index (χ1v) is 13.3. The van der Waals surface area contributed by atoms with E-state index in [-0.39, 0.29) is 6.04 Å². The molecule has 6 nitrogen and oxygen atoms in total. The molecule has 2 aliphatic rings. The maximum Gasteiger partial charge on any atom is 0.169 e. The number of rotatable bonds is 8. The molecule has 0 aliphatic carbocycles. The summed E-state index contributed by atoms with van der Waals surface area (Å²) in [7, 11) is 6.83. The molecule has 36 heavy (non-hydrogen) atoms. The van der Waals surface area contributed by atoms with Crippen LogP contribution in [0.5, 0.6) is 28.7 Å². The first-order valence-electron chi connectivity index (χ1n) is 12.2. The summed E-state index contributed by atoms with van der Waals surface area (Å²) < 4.78 is 29.6. The summed E-state index contributed by atoms with van der Waals surface area (Å²) in [4.78, 5) is 0. The molecule has 190 valence electrons. The van der Waals surface area contributed by atoms with Crippen LogP contribution in [0.25, 0.3) is 0 Å². The summed E-state index contributed by atoms with van der Waals surface area (Å²) in [5.41, 5.74) is 6.43. The normalized spacial score (nSPS) is 20.0. The van der Waals surface area contributed by atoms with E-state index in [1.807, 2.05) is 6.07 Å². The zero-order valence-corrected chi connectivity index (χ0v) is 22.9. The Morgan fingerprint density at radius 2 is 1.56 bits per heavy atom. The average Bonchev–Trinajstić information content (AvgIpc) is 2.93. The fourth-order valence-electron chi connectivity index (χ4n) is 5.96. The topological polar surface area (TPSA) is 46.2 Å². The third-order valence-electron chi connectivity index (χ3n) is 7.68. The number of quaternary nitrogens is 1. The molecule has 0 spiro atoms. The molecule has 2 atom stereocenters. The molecule has 2 heterocycles. The van der Waals surface area contributed by atoms with Crippen LogP contribution in [-0.2, 0) is 19.4 Å². The summed E-state index contributed by atoms with van der Waals surface area (Å²) in [5.74, 6) is 4.05. The van der Waals surface area contributed by atoms with Crippen molar-refractivity contribution in [2.24, 2.45) is 0 Å². The minimum atomic E-state index is 0.230. The van der Waals surface area contributed by atoms with Crippen LogP contribution in [0.3, 0.4) is 0 Å². The highest BCUT2D eigenvalue weighted by molar-refractivity contribution is 9.09. The van der Waals surface area contributed by atoms with Gasteiger partial charge in [0.2, 0.25) is 0 Å². The maximum absolute atomic E-state index is 5.90. The van der Waals surface area contributed by atoms with Gasteiger partial charge in [-0.1, -0.05) is 22.0 Å². The van der Waals surface area contributed by atoms with Gasteiger partial charge in [-0.05, 0) is 41.5 Å². The predicted octanol–water partition coefficient (Wildman–Crippen LogP) is 5.86. The van der Waals surface area contributed by atoms with Crippen molar-refractivity contribution >= 4 is 21.6 Å². The molecule has 7 heteroatoms. The predicted molar refractivity (Wildman–Crippen MR) is 145 cm³/mol. The molecule has 2 aliphatic heterocycles. The van der Waals surface area contributed by atoms with Crippen LogP contribution in [0, 0.1) is 0 Å². The number of nitrogens with zero attached hydrogens (tertiary/aromatic N) is 1. The first-order chi connectivity index (χ1) is 17.6. The minimum absolute atomic E-state index is 0.230. The van der Waals surface area contributed by atoms with Crippen LogP contribution in [0.4, 0.5) is 5.69 Å². The lowest BCUT2D eigenvalue weighted by molar-refractivity contribution is 0.159. The highest BCUT2D eigenvalue weighted by Gasteiger charge is 2.49. The fourth-order valence-corrected chi connectivity index (χ4v) is 6.12. The highest BCUT2D eigenvalue weighted by atomic mass is 79.9. The average molecular weight is 555 g/mol. The SMILES string of the molecule is COc1cc2c(cc1OC)C1Cc3ccc(OC)c(OC)c3C[N+]1(c1ccc(OCCBr)cc1)CC2. The molecule has 2 unspecified atom stereocenters. The zero-order valence-electron chi connectivity index (χ0n) is 21.3. The number of hydrogen-bond donors (Lipinski definition) is 0. The third kappa shape index (κ3) is 4.08. The van der Waals surface area contributed by atoms with E-state index < -0.39 is 0 Å². The molecule has 0 amide bonds. The quantitative estimate of drug-likeness (QED) is 0.258. The van der Waals surface area contributed by atoms with E-state index in [0.717, 1.165) is 64.5 Å². The monoisotopic (exact) mass is 554 g/mol. The van der Waals surface area contributed by atoms with Gasteiger partial charge in [0.25, 0.3) is 0 Å². The van der Waals surface area contributed by atoms with Gasteiger partial charge in [-0.25, -0.2) is 0 Å². The highest BCUT2D eigenvalue weighted by Crippen LogP contribution is 2.52. The van der Waals surface area contributed by atoms with E-state index in [1.165, 1.54) is 27.9 Å². The molecular formula is C29H33BrNO5+. The Hall–Kier alpha value is -2.90. The lowest BCUT2D eigenvalue weighted by Crippen LogP contribution is -2.57. The summed E-state index contributed by atoms with van der Waals surface area (Å²) in [5, 5.41) is 0.803. The van der Waals surface area contributed by atoms with Crippen LogP contribution >= 0.6 is 15.9 Å². The molecule has 3 aromatic carbocycles. The van der Waals surface area contributed by atoms with Gasteiger partial charge in [-0.2, -0.15) is 0 Å². The molecule has 0 radical (unpaired) electrons. The summed E-state index contributed by atoms with van der Waals surface area (Å²) in [6.07, 6.45) is 1.83. The van der Waals surface area contributed by atoms with Crippen molar-refractivity contribution in [3.05, 3.63) is 70.8 Å². The second-order valence-electron chi connectivity index (χ2n) is 9.26. The Kier molecular flexibility index (Phi) is 7.04. The number of benzene rings is 3. The Balaban J connectivity index is 1.68. The number of alkyl halides is 1. The minimum Gasteiger partial charge on any atom is -0.493 e. The van der Waals surface area contributed by atoms with Gasteiger partial charge >= 0.3 is 0 Å². The molecule has 0 saturated heterocycles. The lowest BCUT2D eigenvalue weighted by atomic mass is 9.80. The van der Waals surface area contributed by atoms with Gasteiger partial charge < -0.3 is 23.7 Å². The van der Waals surface area contributed by atoms with Gasteiger partial charge in [0.15, 0.2) is 23.0 Å². The van der Waals surface area contributed by atoms with Gasteiger partial charge in [-0.3, -0.25) is 4.48 Å². The van der Waals surface area contributed by atoms with Crippen LogP contribution in [0.15, 0.2) is 48.5 Å². The molecule has 0 fully saturated rings. The number of halogens is 1. The number of ether oxygens (including phenoxy) is 5. The van der Waals surface area contributed by atoms with Gasteiger partial charge in [0.1, 0.15) is 24.0 Å². The Labute approximate surface area is 221 Å². The Bertz CT molecular complexity index is 1250. The summed E-state index contributed by atoms with van der Waals surface area (Å²) >= 11 is 3.44. The maximum atomic E-state index is 5.90. The Morgan fingerprint density at radius 1 is 0.833 bits per heavy atom. The van der Waals surface area contributed by atoms with E-state index in [9.17, 15) is 0 Å².